The van der Waals surface area contributed by atoms with Crippen LogP contribution in [0.3, 0.4) is 0 Å². The Morgan fingerprint density at radius 2 is 1.39 bits per heavy atom. The molecule has 3 aromatic carbocycles. The number of carboxylic acid groups (broad SMARTS) is 1. The summed E-state index contributed by atoms with van der Waals surface area (Å²) in [6.07, 6.45) is 0.445. The van der Waals surface area contributed by atoms with Gasteiger partial charge in [-0.1, -0.05) is 93.6 Å². The molecule has 0 aliphatic rings. The molecular weight excluding hydrogens is 436 g/mol. The summed E-state index contributed by atoms with van der Waals surface area (Å²) in [7, 11) is -4.01. The van der Waals surface area contributed by atoms with Gasteiger partial charge in [0.25, 0.3) is 0 Å². The van der Waals surface area contributed by atoms with Crippen LogP contribution in [0, 0.1) is 0 Å². The van der Waals surface area contributed by atoms with Crippen LogP contribution in [-0.4, -0.2) is 24.2 Å². The minimum atomic E-state index is -4.01. The average molecular weight is 469 g/mol. The highest BCUT2D eigenvalue weighted by molar-refractivity contribution is 7.92. The van der Waals surface area contributed by atoms with Crippen molar-refractivity contribution in [1.29, 1.82) is 0 Å². The summed E-state index contributed by atoms with van der Waals surface area (Å²) in [6, 6.07) is 25.5. The van der Waals surface area contributed by atoms with Gasteiger partial charge in [0.2, 0.25) is 0 Å². The normalized spacial score (nSPS) is 12.9. The first-order valence-electron chi connectivity index (χ1n) is 10.6. The van der Waals surface area contributed by atoms with Gasteiger partial charge in [0.15, 0.2) is 14.6 Å². The van der Waals surface area contributed by atoms with E-state index < -0.39 is 20.6 Å². The average Bonchev–Trinajstić information content (AvgIpc) is 2.79. The second-order valence-corrected chi connectivity index (χ2v) is 10.2. The summed E-state index contributed by atoms with van der Waals surface area (Å²) in [6.45, 7) is 2.21. The molecule has 5 nitrogen and oxygen atoms in total. The molecule has 0 radical (unpaired) electrons. The van der Waals surface area contributed by atoms with Crippen LogP contribution >= 0.6 is 0 Å². The predicted octanol–water partition coefficient (Wildman–Crippen LogP) is 5.68. The first-order valence-corrected chi connectivity index (χ1v) is 12.3. The minimum absolute atomic E-state index is 0. The van der Waals surface area contributed by atoms with E-state index in [9.17, 15) is 18.3 Å². The van der Waals surface area contributed by atoms with Crippen LogP contribution in [0.1, 0.15) is 43.9 Å². The van der Waals surface area contributed by atoms with E-state index in [2.05, 4.69) is 0 Å². The molecule has 6 heteroatoms. The Hall–Kier alpha value is -3.12. The largest absolute Gasteiger partial charge is 0.489 e. The third-order valence-electron chi connectivity index (χ3n) is 5.50. The van der Waals surface area contributed by atoms with Gasteiger partial charge in [0.05, 0.1) is 5.75 Å². The van der Waals surface area contributed by atoms with Crippen LogP contribution in [0.15, 0.2) is 84.9 Å². The van der Waals surface area contributed by atoms with Gasteiger partial charge < -0.3 is 9.84 Å². The van der Waals surface area contributed by atoms with Gasteiger partial charge in [-0.2, -0.15) is 0 Å². The van der Waals surface area contributed by atoms with E-state index >= 15 is 0 Å². The highest BCUT2D eigenvalue weighted by Crippen LogP contribution is 2.32. The first kappa shape index (κ1) is 26.1. The highest BCUT2D eigenvalue weighted by atomic mass is 32.2. The van der Waals surface area contributed by atoms with Crippen LogP contribution in [0.2, 0.25) is 0 Å². The van der Waals surface area contributed by atoms with Gasteiger partial charge in [-0.05, 0) is 35.2 Å². The second kappa shape index (κ2) is 11.7. The zero-order chi connectivity index (χ0) is 23.0. The molecule has 3 rings (SSSR count). The molecule has 0 spiro atoms. The molecular formula is C27H32O5S. The van der Waals surface area contributed by atoms with Gasteiger partial charge in [-0.15, -0.1) is 0 Å². The molecule has 0 bridgehead atoms. The van der Waals surface area contributed by atoms with Crippen molar-refractivity contribution >= 4 is 15.8 Å². The van der Waals surface area contributed by atoms with E-state index in [4.69, 9.17) is 4.74 Å². The number of hydrogen-bond donors (Lipinski definition) is 1. The van der Waals surface area contributed by atoms with Gasteiger partial charge in [-0.3, -0.25) is 4.79 Å². The van der Waals surface area contributed by atoms with Crippen LogP contribution in [-0.2, 0) is 33.4 Å². The van der Waals surface area contributed by atoms with Crippen molar-refractivity contribution in [3.63, 3.8) is 0 Å². The topological polar surface area (TPSA) is 80.7 Å². The zero-order valence-electron chi connectivity index (χ0n) is 18.1. The molecule has 0 amide bonds. The minimum Gasteiger partial charge on any atom is -0.489 e. The molecule has 1 N–H and O–H groups in total. The molecule has 0 aliphatic carbocycles. The maximum absolute atomic E-state index is 13.4. The molecule has 0 saturated carbocycles. The highest BCUT2D eigenvalue weighted by Gasteiger charge is 2.49. The van der Waals surface area contributed by atoms with Crippen LogP contribution in [0.25, 0.3) is 0 Å². The maximum Gasteiger partial charge on any atom is 0.325 e. The van der Waals surface area contributed by atoms with Crippen molar-refractivity contribution in [2.45, 2.75) is 50.7 Å². The number of hydrogen-bond acceptors (Lipinski definition) is 4. The van der Waals surface area contributed by atoms with Crippen molar-refractivity contribution in [2.24, 2.45) is 0 Å². The number of benzene rings is 3. The van der Waals surface area contributed by atoms with Crippen molar-refractivity contribution in [2.75, 3.05) is 0 Å². The quantitative estimate of drug-likeness (QED) is 0.391. The standard InChI is InChI=1S/C26H28O5S.CH4/c1-2-17-26(25(27)28,18-21-9-5-3-6-10-21)32(29,30)20-23-13-15-24(16-14-23)31-19-22-11-7-4-8-12-22;/h3-16H,2,17-20H2,1H3,(H,27,28);1H4. The fraction of sp³-hybridized carbons (Fsp3) is 0.296. The van der Waals surface area contributed by atoms with Crippen LogP contribution < -0.4 is 4.74 Å². The number of rotatable bonds is 11. The van der Waals surface area contributed by atoms with Crippen molar-refractivity contribution in [3.8, 4) is 5.75 Å². The lowest BCUT2D eigenvalue weighted by Gasteiger charge is -2.29. The molecule has 0 aromatic heterocycles. The third-order valence-corrected chi connectivity index (χ3v) is 7.93. The summed E-state index contributed by atoms with van der Waals surface area (Å²) in [5.41, 5.74) is 2.26. The van der Waals surface area contributed by atoms with Crippen molar-refractivity contribution < 1.29 is 23.1 Å². The molecule has 0 saturated heterocycles. The number of aliphatic carboxylic acids is 1. The number of carboxylic acids is 1. The summed E-state index contributed by atoms with van der Waals surface area (Å²) in [4.78, 5) is 12.3. The van der Waals surface area contributed by atoms with Gasteiger partial charge in [0, 0.05) is 6.42 Å². The molecule has 33 heavy (non-hydrogen) atoms. The molecule has 1 atom stereocenters. The van der Waals surface area contributed by atoms with E-state index in [-0.39, 0.29) is 26.0 Å². The Morgan fingerprint density at radius 3 is 1.91 bits per heavy atom. The van der Waals surface area contributed by atoms with E-state index in [1.54, 1.807) is 55.5 Å². The maximum atomic E-state index is 13.4. The zero-order valence-corrected chi connectivity index (χ0v) is 18.9. The molecule has 0 heterocycles. The number of sulfone groups is 1. The number of ether oxygens (including phenoxy) is 1. The second-order valence-electron chi connectivity index (χ2n) is 7.89. The van der Waals surface area contributed by atoms with Gasteiger partial charge in [-0.25, -0.2) is 8.42 Å². The van der Waals surface area contributed by atoms with Crippen molar-refractivity contribution in [3.05, 3.63) is 102 Å². The number of carbonyl (C=O) groups is 1. The van der Waals surface area contributed by atoms with Crippen LogP contribution in [0.5, 0.6) is 5.75 Å². The molecule has 0 aliphatic heterocycles. The van der Waals surface area contributed by atoms with E-state index in [1.807, 2.05) is 36.4 Å². The third kappa shape index (κ3) is 6.45. The Balaban J connectivity index is 0.00000385. The molecule has 3 aromatic rings. The fourth-order valence-corrected chi connectivity index (χ4v) is 5.85. The van der Waals surface area contributed by atoms with Crippen molar-refractivity contribution in [1.82, 2.24) is 0 Å². The van der Waals surface area contributed by atoms with Gasteiger partial charge in [0.1, 0.15) is 12.4 Å². The Kier molecular flexibility index (Phi) is 9.23. The Bertz CT molecular complexity index is 1110. The molecule has 1 unspecified atom stereocenters. The Morgan fingerprint density at radius 1 is 0.848 bits per heavy atom. The summed E-state index contributed by atoms with van der Waals surface area (Å²) in [5.74, 6) is -1.02. The molecule has 0 fully saturated rings. The molecule has 176 valence electrons. The predicted molar refractivity (Wildman–Crippen MR) is 132 cm³/mol. The summed E-state index contributed by atoms with van der Waals surface area (Å²) >= 11 is 0. The Labute approximate surface area is 197 Å². The lowest BCUT2D eigenvalue weighted by molar-refractivity contribution is -0.140. The van der Waals surface area contributed by atoms with E-state index in [0.717, 1.165) is 5.56 Å². The smallest absolute Gasteiger partial charge is 0.325 e. The summed E-state index contributed by atoms with van der Waals surface area (Å²) < 4.78 is 30.8. The first-order chi connectivity index (χ1) is 15.4. The fourth-order valence-electron chi connectivity index (χ4n) is 3.78. The van der Waals surface area contributed by atoms with Crippen LogP contribution in [0.4, 0.5) is 0 Å². The van der Waals surface area contributed by atoms with Gasteiger partial charge >= 0.3 is 5.97 Å². The SMILES string of the molecule is C.CCCC(Cc1ccccc1)(C(=O)O)S(=O)(=O)Cc1ccc(OCc2ccccc2)cc1. The monoisotopic (exact) mass is 468 g/mol. The van der Waals surface area contributed by atoms with E-state index in [1.165, 1.54) is 0 Å². The lowest BCUT2D eigenvalue weighted by atomic mass is 9.94. The lowest BCUT2D eigenvalue weighted by Crippen LogP contribution is -2.49. The summed E-state index contributed by atoms with van der Waals surface area (Å²) in [5, 5.41) is 10.1. The van der Waals surface area contributed by atoms with E-state index in [0.29, 0.717) is 29.9 Å².